The van der Waals surface area contributed by atoms with E-state index in [-0.39, 0.29) is 24.5 Å². The summed E-state index contributed by atoms with van der Waals surface area (Å²) in [5, 5.41) is 2.92. The van der Waals surface area contributed by atoms with Gasteiger partial charge in [0, 0.05) is 12.1 Å². The molecule has 6 heteroatoms. The summed E-state index contributed by atoms with van der Waals surface area (Å²) < 4.78 is 0. The number of urea groups is 1. The number of amides is 4. The maximum absolute atomic E-state index is 13.8. The van der Waals surface area contributed by atoms with E-state index < -0.39 is 17.5 Å². The highest BCUT2D eigenvalue weighted by Crippen LogP contribution is 2.36. The van der Waals surface area contributed by atoms with Crippen molar-refractivity contribution in [3.63, 3.8) is 0 Å². The van der Waals surface area contributed by atoms with Crippen LogP contribution >= 0.6 is 0 Å². The van der Waals surface area contributed by atoms with Crippen molar-refractivity contribution in [1.82, 2.24) is 15.1 Å². The summed E-state index contributed by atoms with van der Waals surface area (Å²) in [6.07, 6.45) is 0. The third-order valence-electron chi connectivity index (χ3n) is 5.95. The van der Waals surface area contributed by atoms with E-state index in [0.717, 1.165) is 16.0 Å². The minimum Gasteiger partial charge on any atom is -0.336 e. The topological polar surface area (TPSA) is 69.7 Å². The van der Waals surface area contributed by atoms with Crippen LogP contribution < -0.4 is 5.32 Å². The molecular weight excluding hydrogens is 390 g/mol. The first-order chi connectivity index (χ1) is 14.6. The Bertz CT molecular complexity index is 992. The first-order valence-electron chi connectivity index (χ1n) is 10.7. The van der Waals surface area contributed by atoms with Gasteiger partial charge in [0.25, 0.3) is 5.91 Å². The molecular formula is C25H31N3O3. The predicted molar refractivity (Wildman–Crippen MR) is 121 cm³/mol. The summed E-state index contributed by atoms with van der Waals surface area (Å²) in [6, 6.07) is 14.3. The van der Waals surface area contributed by atoms with E-state index in [4.69, 9.17) is 0 Å². The molecule has 2 aromatic rings. The number of nitrogens with one attached hydrogen (secondary N) is 1. The van der Waals surface area contributed by atoms with Gasteiger partial charge in [0.15, 0.2) is 5.54 Å². The Balaban J connectivity index is 2.06. The van der Waals surface area contributed by atoms with Gasteiger partial charge >= 0.3 is 6.03 Å². The van der Waals surface area contributed by atoms with Crippen molar-refractivity contribution in [2.24, 2.45) is 0 Å². The number of benzene rings is 2. The Labute approximate surface area is 184 Å². The van der Waals surface area contributed by atoms with Crippen LogP contribution in [0, 0.1) is 13.8 Å². The molecule has 6 nitrogen and oxygen atoms in total. The van der Waals surface area contributed by atoms with Crippen LogP contribution in [0.25, 0.3) is 0 Å². The molecule has 1 heterocycles. The van der Waals surface area contributed by atoms with Crippen LogP contribution in [0.3, 0.4) is 0 Å². The minimum absolute atomic E-state index is 0.0353. The molecule has 31 heavy (non-hydrogen) atoms. The Morgan fingerprint density at radius 2 is 1.55 bits per heavy atom. The van der Waals surface area contributed by atoms with Gasteiger partial charge in [-0.3, -0.25) is 14.5 Å². The maximum Gasteiger partial charge on any atom is 0.326 e. The predicted octanol–water partition coefficient (Wildman–Crippen LogP) is 3.74. The van der Waals surface area contributed by atoms with Gasteiger partial charge in [-0.15, -0.1) is 0 Å². The number of hydrogen-bond acceptors (Lipinski definition) is 3. The van der Waals surface area contributed by atoms with E-state index in [1.54, 1.807) is 4.90 Å². The lowest BCUT2D eigenvalue weighted by molar-refractivity contribution is -0.140. The normalized spacial score (nSPS) is 18.6. The van der Waals surface area contributed by atoms with Gasteiger partial charge in [0.1, 0.15) is 6.54 Å². The summed E-state index contributed by atoms with van der Waals surface area (Å²) in [5.74, 6) is -0.690. The third kappa shape index (κ3) is 3.94. The second kappa shape index (κ2) is 8.53. The van der Waals surface area contributed by atoms with E-state index in [0.29, 0.717) is 11.1 Å². The maximum atomic E-state index is 13.8. The molecule has 3 rings (SSSR count). The van der Waals surface area contributed by atoms with Crippen LogP contribution in [0.4, 0.5) is 4.79 Å². The average Bonchev–Trinajstić information content (AvgIpc) is 2.95. The molecule has 0 bridgehead atoms. The Morgan fingerprint density at radius 1 is 0.935 bits per heavy atom. The highest BCUT2D eigenvalue weighted by atomic mass is 16.2. The molecule has 0 radical (unpaired) electrons. The molecule has 1 fully saturated rings. The van der Waals surface area contributed by atoms with Crippen molar-refractivity contribution >= 4 is 17.8 Å². The van der Waals surface area contributed by atoms with E-state index in [9.17, 15) is 14.4 Å². The van der Waals surface area contributed by atoms with Crippen LogP contribution in [0.15, 0.2) is 48.5 Å². The Morgan fingerprint density at radius 3 is 2.10 bits per heavy atom. The van der Waals surface area contributed by atoms with E-state index in [1.807, 2.05) is 90.1 Å². The van der Waals surface area contributed by atoms with Crippen LogP contribution in [-0.4, -0.2) is 46.3 Å². The first-order valence-corrected chi connectivity index (χ1v) is 10.7. The molecule has 4 amide bonds. The van der Waals surface area contributed by atoms with Crippen LogP contribution in [0.2, 0.25) is 0 Å². The molecule has 2 aromatic carbocycles. The molecule has 0 spiro atoms. The molecule has 0 aliphatic carbocycles. The lowest BCUT2D eigenvalue weighted by atomic mass is 9.81. The zero-order valence-electron chi connectivity index (χ0n) is 19.1. The van der Waals surface area contributed by atoms with Gasteiger partial charge in [-0.1, -0.05) is 48.5 Å². The minimum atomic E-state index is -1.36. The van der Waals surface area contributed by atoms with Gasteiger partial charge in [-0.25, -0.2) is 4.79 Å². The second-order valence-corrected chi connectivity index (χ2v) is 8.73. The molecule has 1 aliphatic rings. The lowest BCUT2D eigenvalue weighted by Crippen LogP contribution is -2.49. The van der Waals surface area contributed by atoms with Crippen molar-refractivity contribution < 1.29 is 14.4 Å². The van der Waals surface area contributed by atoms with E-state index >= 15 is 0 Å². The largest absolute Gasteiger partial charge is 0.336 e. The Kier molecular flexibility index (Phi) is 6.20. The van der Waals surface area contributed by atoms with Crippen molar-refractivity contribution in [3.8, 4) is 0 Å². The average molecular weight is 422 g/mol. The number of aryl methyl sites for hydroxylation is 2. The summed E-state index contributed by atoms with van der Waals surface area (Å²) in [5.41, 5.74) is 2.10. The highest BCUT2D eigenvalue weighted by Gasteiger charge is 2.54. The second-order valence-electron chi connectivity index (χ2n) is 8.73. The quantitative estimate of drug-likeness (QED) is 0.723. The van der Waals surface area contributed by atoms with Gasteiger partial charge < -0.3 is 10.2 Å². The summed E-state index contributed by atoms with van der Waals surface area (Å²) >= 11 is 0. The van der Waals surface area contributed by atoms with Gasteiger partial charge in [0.05, 0.1) is 0 Å². The van der Waals surface area contributed by atoms with Crippen LogP contribution in [0.5, 0.6) is 0 Å². The van der Waals surface area contributed by atoms with E-state index in [2.05, 4.69) is 5.32 Å². The summed E-state index contributed by atoms with van der Waals surface area (Å²) in [6.45, 7) is 11.4. The number of nitrogens with zero attached hydrogens (tertiary/aromatic N) is 2. The lowest BCUT2D eigenvalue weighted by Gasteiger charge is -2.32. The number of carbonyl (C=O) groups excluding carboxylic acids is 3. The van der Waals surface area contributed by atoms with Crippen LogP contribution in [0.1, 0.15) is 49.9 Å². The van der Waals surface area contributed by atoms with Gasteiger partial charge in [-0.2, -0.15) is 0 Å². The number of hydrogen-bond donors (Lipinski definition) is 1. The molecule has 0 aromatic heterocycles. The zero-order chi connectivity index (χ0) is 22.9. The van der Waals surface area contributed by atoms with Gasteiger partial charge in [-0.05, 0) is 63.8 Å². The molecule has 164 valence electrons. The third-order valence-corrected chi connectivity index (χ3v) is 5.95. The summed E-state index contributed by atoms with van der Waals surface area (Å²) in [4.78, 5) is 42.6. The first kappa shape index (κ1) is 22.5. The standard InChI is InChI=1S/C25H31N3O3/c1-16(2)28(17(3)4)22(29)15-27-23(30)25(26-24(27)31,20-10-8-7-9-11-20)21-13-12-18(5)19(6)14-21/h7-14,16-17H,15H2,1-6H3,(H,26,31). The van der Waals surface area contributed by atoms with Crippen LogP contribution in [-0.2, 0) is 15.1 Å². The Hall–Kier alpha value is -3.15. The number of rotatable bonds is 6. The highest BCUT2D eigenvalue weighted by molar-refractivity contribution is 6.11. The fraction of sp³-hybridized carbons (Fsp3) is 0.400. The molecule has 1 aliphatic heterocycles. The molecule has 1 unspecified atom stereocenters. The number of imide groups is 1. The van der Waals surface area contributed by atoms with Crippen molar-refractivity contribution in [2.45, 2.75) is 59.2 Å². The SMILES string of the molecule is Cc1ccc(C2(c3ccccc3)NC(=O)N(CC(=O)N(C(C)C)C(C)C)C2=O)cc1C. The molecule has 1 N–H and O–H groups in total. The molecule has 1 atom stereocenters. The monoisotopic (exact) mass is 421 g/mol. The molecule has 0 saturated carbocycles. The number of carbonyl (C=O) groups is 3. The van der Waals surface area contributed by atoms with Crippen molar-refractivity contribution in [2.75, 3.05) is 6.54 Å². The zero-order valence-corrected chi connectivity index (χ0v) is 19.1. The molecule has 1 saturated heterocycles. The smallest absolute Gasteiger partial charge is 0.326 e. The van der Waals surface area contributed by atoms with Gasteiger partial charge in [0.2, 0.25) is 5.91 Å². The van der Waals surface area contributed by atoms with Crippen molar-refractivity contribution in [3.05, 3.63) is 70.8 Å². The fourth-order valence-corrected chi connectivity index (χ4v) is 4.33. The van der Waals surface area contributed by atoms with E-state index in [1.165, 1.54) is 0 Å². The summed E-state index contributed by atoms with van der Waals surface area (Å²) in [7, 11) is 0. The van der Waals surface area contributed by atoms with Crippen molar-refractivity contribution in [1.29, 1.82) is 0 Å². The fourth-order valence-electron chi connectivity index (χ4n) is 4.33.